The van der Waals surface area contributed by atoms with Crippen molar-refractivity contribution in [1.82, 2.24) is 0 Å². The maximum absolute atomic E-state index is 10.9. The first-order chi connectivity index (χ1) is 9.06. The second-order valence-corrected chi connectivity index (χ2v) is 4.06. The molecule has 0 fully saturated rings. The second kappa shape index (κ2) is 5.06. The highest BCUT2D eigenvalue weighted by Crippen LogP contribution is 2.36. The first-order valence-corrected chi connectivity index (χ1v) is 5.65. The molecule has 0 aliphatic carbocycles. The molecule has 0 radical (unpaired) electrons. The number of benzene rings is 2. The van der Waals surface area contributed by atoms with Crippen LogP contribution in [0.3, 0.4) is 0 Å². The smallest absolute Gasteiger partial charge is 0.307 e. The van der Waals surface area contributed by atoms with Crippen LogP contribution in [-0.2, 0) is 11.2 Å². The highest BCUT2D eigenvalue weighted by Gasteiger charge is 2.14. The first-order valence-electron chi connectivity index (χ1n) is 5.65. The molecule has 0 saturated heterocycles. The van der Waals surface area contributed by atoms with Crippen LogP contribution in [0.5, 0.6) is 17.2 Å². The predicted octanol–water partition coefficient (Wildman–Crippen LogP) is 2.19. The van der Waals surface area contributed by atoms with Crippen LogP contribution in [0.1, 0.15) is 5.56 Å². The van der Waals surface area contributed by atoms with Crippen molar-refractivity contribution in [3.05, 3.63) is 29.8 Å². The average molecular weight is 262 g/mol. The Morgan fingerprint density at radius 2 is 1.79 bits per heavy atom. The van der Waals surface area contributed by atoms with Crippen molar-refractivity contribution in [1.29, 1.82) is 0 Å². The van der Waals surface area contributed by atoms with Crippen LogP contribution < -0.4 is 9.47 Å². The number of hydrogen-bond acceptors (Lipinski definition) is 4. The number of carboxylic acid groups (broad SMARTS) is 1. The van der Waals surface area contributed by atoms with E-state index in [4.69, 9.17) is 14.6 Å². The Hall–Kier alpha value is -2.43. The molecule has 0 aromatic heterocycles. The van der Waals surface area contributed by atoms with Gasteiger partial charge in [0.2, 0.25) is 0 Å². The summed E-state index contributed by atoms with van der Waals surface area (Å²) in [5.41, 5.74) is 0.367. The lowest BCUT2D eigenvalue weighted by atomic mass is 10.0. The highest BCUT2D eigenvalue weighted by molar-refractivity contribution is 5.93. The van der Waals surface area contributed by atoms with Crippen LogP contribution in [0.2, 0.25) is 0 Å². The third kappa shape index (κ3) is 2.40. The van der Waals surface area contributed by atoms with E-state index in [2.05, 4.69) is 0 Å². The topological polar surface area (TPSA) is 76.0 Å². The van der Waals surface area contributed by atoms with Crippen molar-refractivity contribution in [2.24, 2.45) is 0 Å². The molecular formula is C14H14O5. The summed E-state index contributed by atoms with van der Waals surface area (Å²) in [5, 5.41) is 20.1. The highest BCUT2D eigenvalue weighted by atomic mass is 16.5. The normalized spacial score (nSPS) is 10.4. The Morgan fingerprint density at radius 1 is 1.16 bits per heavy atom. The summed E-state index contributed by atoms with van der Waals surface area (Å²) in [5.74, 6) is 0.00825. The zero-order chi connectivity index (χ0) is 14.0. The summed E-state index contributed by atoms with van der Waals surface area (Å²) in [7, 11) is 3.03. The Balaban J connectivity index is 2.72. The molecule has 2 aromatic carbocycles. The molecule has 0 unspecified atom stereocenters. The molecule has 0 heterocycles. The minimum atomic E-state index is -1.00. The zero-order valence-electron chi connectivity index (χ0n) is 10.6. The summed E-state index contributed by atoms with van der Waals surface area (Å²) >= 11 is 0. The number of phenols is 1. The lowest BCUT2D eigenvalue weighted by Crippen LogP contribution is -2.01. The van der Waals surface area contributed by atoms with E-state index in [-0.39, 0.29) is 12.2 Å². The first kappa shape index (κ1) is 13.0. The molecule has 2 aromatic rings. The van der Waals surface area contributed by atoms with E-state index in [0.29, 0.717) is 22.4 Å². The fourth-order valence-electron chi connectivity index (χ4n) is 2.04. The van der Waals surface area contributed by atoms with E-state index < -0.39 is 5.97 Å². The van der Waals surface area contributed by atoms with Crippen LogP contribution >= 0.6 is 0 Å². The van der Waals surface area contributed by atoms with Gasteiger partial charge in [-0.3, -0.25) is 4.79 Å². The van der Waals surface area contributed by atoms with Crippen molar-refractivity contribution in [2.45, 2.75) is 6.42 Å². The average Bonchev–Trinajstić information content (AvgIpc) is 2.40. The molecule has 0 atom stereocenters. The number of phenolic OH excluding ortho intramolecular Hbond substituents is 1. The van der Waals surface area contributed by atoms with Crippen LogP contribution in [0.15, 0.2) is 24.3 Å². The molecular weight excluding hydrogens is 248 g/mol. The van der Waals surface area contributed by atoms with Gasteiger partial charge >= 0.3 is 5.97 Å². The molecule has 2 rings (SSSR count). The van der Waals surface area contributed by atoms with E-state index in [1.807, 2.05) is 0 Å². The largest absolute Gasteiger partial charge is 0.508 e. The molecule has 0 spiro atoms. The third-order valence-corrected chi connectivity index (χ3v) is 2.94. The van der Waals surface area contributed by atoms with Crippen LogP contribution in [0.4, 0.5) is 0 Å². The van der Waals surface area contributed by atoms with E-state index >= 15 is 0 Å². The quantitative estimate of drug-likeness (QED) is 0.883. The maximum atomic E-state index is 10.9. The van der Waals surface area contributed by atoms with Gasteiger partial charge in [0.1, 0.15) is 5.75 Å². The fourth-order valence-corrected chi connectivity index (χ4v) is 2.04. The van der Waals surface area contributed by atoms with Crippen LogP contribution in [-0.4, -0.2) is 30.4 Å². The molecule has 100 valence electrons. The van der Waals surface area contributed by atoms with E-state index in [0.717, 1.165) is 5.39 Å². The molecule has 0 aliphatic heterocycles. The van der Waals surface area contributed by atoms with Gasteiger partial charge in [-0.2, -0.15) is 0 Å². The molecule has 5 heteroatoms. The monoisotopic (exact) mass is 262 g/mol. The van der Waals surface area contributed by atoms with E-state index in [1.54, 1.807) is 18.2 Å². The third-order valence-electron chi connectivity index (χ3n) is 2.94. The summed E-state index contributed by atoms with van der Waals surface area (Å²) in [6, 6.07) is 6.61. The number of fused-ring (bicyclic) bond motifs is 1. The van der Waals surface area contributed by atoms with Crippen molar-refractivity contribution in [3.63, 3.8) is 0 Å². The summed E-state index contributed by atoms with van der Waals surface area (Å²) in [6.07, 6.45) is -0.251. The van der Waals surface area contributed by atoms with Crippen molar-refractivity contribution in [2.75, 3.05) is 14.2 Å². The number of methoxy groups -OCH3 is 2. The number of ether oxygens (including phenoxy) is 2. The van der Waals surface area contributed by atoms with Crippen molar-refractivity contribution in [3.8, 4) is 17.2 Å². The predicted molar refractivity (Wildman–Crippen MR) is 70.1 cm³/mol. The van der Waals surface area contributed by atoms with Gasteiger partial charge < -0.3 is 19.7 Å². The van der Waals surface area contributed by atoms with Gasteiger partial charge in [-0.05, 0) is 29.0 Å². The van der Waals surface area contributed by atoms with Gasteiger partial charge in [0.15, 0.2) is 11.5 Å². The van der Waals surface area contributed by atoms with Gasteiger partial charge in [-0.15, -0.1) is 0 Å². The standard InChI is InChI=1S/C14H14O5/c1-18-12-5-8-3-4-11(15)10(7-14(16)17)9(8)6-13(12)19-2/h3-6,15H,7H2,1-2H3,(H,16,17). The van der Waals surface area contributed by atoms with E-state index in [1.165, 1.54) is 20.3 Å². The SMILES string of the molecule is COc1cc2ccc(O)c(CC(=O)O)c2cc1OC. The zero-order valence-corrected chi connectivity index (χ0v) is 10.6. The summed E-state index contributed by atoms with van der Waals surface area (Å²) in [6.45, 7) is 0. The van der Waals surface area contributed by atoms with E-state index in [9.17, 15) is 9.90 Å². The number of aliphatic carboxylic acids is 1. The Kier molecular flexibility index (Phi) is 3.46. The number of carbonyl (C=O) groups is 1. The number of carboxylic acids is 1. The van der Waals surface area contributed by atoms with Crippen LogP contribution in [0, 0.1) is 0 Å². The Morgan fingerprint density at radius 3 is 2.37 bits per heavy atom. The Bertz CT molecular complexity index is 633. The lowest BCUT2D eigenvalue weighted by molar-refractivity contribution is -0.136. The molecule has 5 nitrogen and oxygen atoms in total. The Labute approximate surface area is 110 Å². The molecule has 0 saturated carbocycles. The van der Waals surface area contributed by atoms with Gasteiger partial charge in [0, 0.05) is 5.56 Å². The number of hydrogen-bond donors (Lipinski definition) is 2. The van der Waals surface area contributed by atoms with Gasteiger partial charge in [-0.25, -0.2) is 0 Å². The van der Waals surface area contributed by atoms with Gasteiger partial charge in [0.05, 0.1) is 20.6 Å². The molecule has 2 N–H and O–H groups in total. The summed E-state index contributed by atoms with van der Waals surface area (Å²) < 4.78 is 10.4. The summed E-state index contributed by atoms with van der Waals surface area (Å²) in [4.78, 5) is 10.9. The fraction of sp³-hybridized carbons (Fsp3) is 0.214. The maximum Gasteiger partial charge on any atom is 0.307 e. The second-order valence-electron chi connectivity index (χ2n) is 4.06. The lowest BCUT2D eigenvalue weighted by Gasteiger charge is -2.12. The van der Waals surface area contributed by atoms with Gasteiger partial charge in [0.25, 0.3) is 0 Å². The van der Waals surface area contributed by atoms with Crippen LogP contribution in [0.25, 0.3) is 10.8 Å². The van der Waals surface area contributed by atoms with Crippen molar-refractivity contribution >= 4 is 16.7 Å². The van der Waals surface area contributed by atoms with Gasteiger partial charge in [-0.1, -0.05) is 6.07 Å². The molecule has 0 bridgehead atoms. The number of rotatable bonds is 4. The minimum Gasteiger partial charge on any atom is -0.508 e. The number of aromatic hydroxyl groups is 1. The minimum absolute atomic E-state index is 0.0397. The molecule has 0 amide bonds. The molecule has 0 aliphatic rings. The van der Waals surface area contributed by atoms with Crippen molar-refractivity contribution < 1.29 is 24.5 Å². The molecule has 19 heavy (non-hydrogen) atoms.